The van der Waals surface area contributed by atoms with Gasteiger partial charge >= 0.3 is 6.03 Å². The monoisotopic (exact) mass is 461 g/mol. The Labute approximate surface area is 188 Å². The molecule has 4 rings (SSSR count). The van der Waals surface area contributed by atoms with Gasteiger partial charge in [0.25, 0.3) is 5.91 Å². The van der Waals surface area contributed by atoms with Crippen LogP contribution in [0.3, 0.4) is 0 Å². The topological polar surface area (TPSA) is 85.2 Å². The second kappa shape index (κ2) is 9.04. The summed E-state index contributed by atoms with van der Waals surface area (Å²) in [4.78, 5) is 37.8. The number of hydrazone groups is 1. The molecule has 0 aliphatic carbocycles. The SMILES string of the molecule is CN(C)C(=O)c1nc(N2CCN(C(=O)N3N=CC[C@H]3c3cc(F)cc(F)c3)CC2)ncc1F. The Hall–Kier alpha value is -3.70. The lowest BCUT2D eigenvalue weighted by Gasteiger charge is -2.37. The molecule has 1 aromatic carbocycles. The van der Waals surface area contributed by atoms with Gasteiger partial charge in [-0.05, 0) is 17.7 Å². The third kappa shape index (κ3) is 4.59. The third-order valence-electron chi connectivity index (χ3n) is 5.47. The minimum absolute atomic E-state index is 0.195. The van der Waals surface area contributed by atoms with Crippen LogP contribution in [0.1, 0.15) is 28.5 Å². The van der Waals surface area contributed by atoms with Gasteiger partial charge in [-0.25, -0.2) is 32.9 Å². The van der Waals surface area contributed by atoms with Crippen molar-refractivity contribution in [1.82, 2.24) is 24.8 Å². The number of rotatable bonds is 3. The van der Waals surface area contributed by atoms with Crippen LogP contribution in [0.4, 0.5) is 23.9 Å². The predicted octanol–water partition coefficient (Wildman–Crippen LogP) is 2.27. The van der Waals surface area contributed by atoms with Crippen LogP contribution in [0.15, 0.2) is 29.5 Å². The Morgan fingerprint density at radius 3 is 2.33 bits per heavy atom. The van der Waals surface area contributed by atoms with Gasteiger partial charge in [0.1, 0.15) is 11.6 Å². The highest BCUT2D eigenvalue weighted by Crippen LogP contribution is 2.30. The van der Waals surface area contributed by atoms with Crippen molar-refractivity contribution in [2.45, 2.75) is 12.5 Å². The van der Waals surface area contributed by atoms with Gasteiger partial charge in [-0.1, -0.05) is 0 Å². The smallest absolute Gasteiger partial charge is 0.341 e. The molecule has 1 saturated heterocycles. The molecule has 0 bridgehead atoms. The molecule has 0 unspecified atom stereocenters. The number of aromatic nitrogens is 2. The Morgan fingerprint density at radius 1 is 1.03 bits per heavy atom. The van der Waals surface area contributed by atoms with Gasteiger partial charge in [0, 0.05) is 59.0 Å². The quantitative estimate of drug-likeness (QED) is 0.700. The van der Waals surface area contributed by atoms with E-state index in [1.54, 1.807) is 9.80 Å². The first kappa shape index (κ1) is 22.5. The van der Waals surface area contributed by atoms with Crippen LogP contribution in [-0.2, 0) is 0 Å². The fourth-order valence-corrected chi connectivity index (χ4v) is 3.76. The summed E-state index contributed by atoms with van der Waals surface area (Å²) in [6.07, 6.45) is 2.84. The van der Waals surface area contributed by atoms with Crippen molar-refractivity contribution in [2.24, 2.45) is 5.10 Å². The van der Waals surface area contributed by atoms with Crippen LogP contribution in [0.2, 0.25) is 0 Å². The van der Waals surface area contributed by atoms with E-state index in [9.17, 15) is 22.8 Å². The van der Waals surface area contributed by atoms with Crippen LogP contribution in [0, 0.1) is 17.5 Å². The Kier molecular flexibility index (Phi) is 6.16. The first-order valence-corrected chi connectivity index (χ1v) is 10.3. The van der Waals surface area contributed by atoms with Crippen molar-refractivity contribution in [3.8, 4) is 0 Å². The molecule has 33 heavy (non-hydrogen) atoms. The Morgan fingerprint density at radius 2 is 1.70 bits per heavy atom. The van der Waals surface area contributed by atoms with E-state index in [2.05, 4.69) is 15.1 Å². The summed E-state index contributed by atoms with van der Waals surface area (Å²) in [7, 11) is 3.00. The number of hydrogen-bond donors (Lipinski definition) is 0. The van der Waals surface area contributed by atoms with Crippen molar-refractivity contribution in [3.63, 3.8) is 0 Å². The number of urea groups is 1. The summed E-state index contributed by atoms with van der Waals surface area (Å²) in [6, 6.07) is 2.18. The average molecular weight is 461 g/mol. The third-order valence-corrected chi connectivity index (χ3v) is 5.47. The van der Waals surface area contributed by atoms with Crippen molar-refractivity contribution in [3.05, 3.63) is 53.1 Å². The molecule has 2 aromatic rings. The lowest BCUT2D eigenvalue weighted by atomic mass is 10.0. The van der Waals surface area contributed by atoms with Crippen LogP contribution < -0.4 is 4.90 Å². The molecule has 1 atom stereocenters. The molecule has 1 aromatic heterocycles. The molecule has 0 radical (unpaired) electrons. The van der Waals surface area contributed by atoms with E-state index in [4.69, 9.17) is 0 Å². The van der Waals surface area contributed by atoms with E-state index < -0.39 is 29.4 Å². The van der Waals surface area contributed by atoms with Gasteiger partial charge in [-0.3, -0.25) is 4.79 Å². The van der Waals surface area contributed by atoms with Crippen LogP contribution in [-0.4, -0.2) is 83.2 Å². The first-order chi connectivity index (χ1) is 15.7. The van der Waals surface area contributed by atoms with Crippen LogP contribution in [0.5, 0.6) is 0 Å². The standard InChI is InChI=1S/C21H22F3N7O2/c1-28(2)19(32)18-16(24)12-25-20(27-18)29-5-7-30(8-6-29)21(33)31-17(3-4-26-31)13-9-14(22)11-15(23)10-13/h4,9-12,17H,3,5-8H2,1-2H3/t17-/m0/s1. The van der Waals surface area contributed by atoms with E-state index in [0.717, 1.165) is 12.3 Å². The molecule has 174 valence electrons. The molecule has 9 nitrogen and oxygen atoms in total. The van der Waals surface area contributed by atoms with Crippen molar-refractivity contribution in [1.29, 1.82) is 0 Å². The number of carbonyl (C=O) groups is 2. The molecular weight excluding hydrogens is 439 g/mol. The molecule has 2 aliphatic heterocycles. The molecule has 2 aliphatic rings. The maximum Gasteiger partial charge on any atom is 0.341 e. The predicted molar refractivity (Wildman–Crippen MR) is 113 cm³/mol. The molecule has 0 N–H and O–H groups in total. The highest BCUT2D eigenvalue weighted by molar-refractivity contribution is 5.92. The molecule has 12 heteroatoms. The number of amides is 3. The molecule has 1 fully saturated rings. The minimum atomic E-state index is -0.807. The summed E-state index contributed by atoms with van der Waals surface area (Å²) >= 11 is 0. The lowest BCUT2D eigenvalue weighted by molar-refractivity contribution is 0.0816. The second-order valence-corrected chi connectivity index (χ2v) is 7.92. The average Bonchev–Trinajstić information content (AvgIpc) is 3.28. The van der Waals surface area contributed by atoms with Gasteiger partial charge in [0.15, 0.2) is 11.5 Å². The Balaban J connectivity index is 1.44. The second-order valence-electron chi connectivity index (χ2n) is 7.92. The molecule has 3 amide bonds. The van der Waals surface area contributed by atoms with E-state index in [1.165, 1.54) is 42.4 Å². The summed E-state index contributed by atoms with van der Waals surface area (Å²) in [6.45, 7) is 1.30. The fourth-order valence-electron chi connectivity index (χ4n) is 3.76. The summed E-state index contributed by atoms with van der Waals surface area (Å²) in [5.74, 6) is -2.62. The van der Waals surface area contributed by atoms with E-state index in [1.807, 2.05) is 0 Å². The zero-order valence-electron chi connectivity index (χ0n) is 18.1. The summed E-state index contributed by atoms with van der Waals surface area (Å²) in [5.41, 5.74) is 0.00913. The highest BCUT2D eigenvalue weighted by atomic mass is 19.1. The molecular formula is C21H22F3N7O2. The molecule has 0 spiro atoms. The Bertz CT molecular complexity index is 1080. The van der Waals surface area contributed by atoms with Gasteiger partial charge in [0.2, 0.25) is 5.95 Å². The van der Waals surface area contributed by atoms with Gasteiger partial charge < -0.3 is 14.7 Å². The van der Waals surface area contributed by atoms with E-state index >= 15 is 0 Å². The number of anilines is 1. The van der Waals surface area contributed by atoms with Gasteiger partial charge in [-0.15, -0.1) is 0 Å². The summed E-state index contributed by atoms with van der Waals surface area (Å²) < 4.78 is 41.3. The number of benzene rings is 1. The maximum atomic E-state index is 14.0. The van der Waals surface area contributed by atoms with E-state index in [0.29, 0.717) is 38.2 Å². The zero-order chi connectivity index (χ0) is 23.7. The normalized spacial score (nSPS) is 18.1. The summed E-state index contributed by atoms with van der Waals surface area (Å²) in [5, 5.41) is 5.34. The van der Waals surface area contributed by atoms with Crippen molar-refractivity contribution < 1.29 is 22.8 Å². The number of hydrogen-bond acceptors (Lipinski definition) is 6. The molecule has 3 heterocycles. The van der Waals surface area contributed by atoms with Crippen LogP contribution >= 0.6 is 0 Å². The number of halogens is 3. The van der Waals surface area contributed by atoms with Gasteiger partial charge in [-0.2, -0.15) is 5.10 Å². The minimum Gasteiger partial charge on any atom is -0.343 e. The van der Waals surface area contributed by atoms with Crippen molar-refractivity contribution >= 4 is 24.1 Å². The van der Waals surface area contributed by atoms with Gasteiger partial charge in [0.05, 0.1) is 12.2 Å². The number of nitrogens with zero attached hydrogens (tertiary/aromatic N) is 7. The van der Waals surface area contributed by atoms with Crippen LogP contribution in [0.25, 0.3) is 0 Å². The first-order valence-electron chi connectivity index (χ1n) is 10.3. The zero-order valence-corrected chi connectivity index (χ0v) is 18.1. The van der Waals surface area contributed by atoms with E-state index in [-0.39, 0.29) is 17.7 Å². The molecule has 0 saturated carbocycles. The highest BCUT2D eigenvalue weighted by Gasteiger charge is 2.34. The number of carbonyl (C=O) groups excluding carboxylic acids is 2. The maximum absolute atomic E-state index is 14.0. The largest absolute Gasteiger partial charge is 0.343 e. The lowest BCUT2D eigenvalue weighted by Crippen LogP contribution is -2.52. The number of piperazine rings is 1. The van der Waals surface area contributed by atoms with Crippen molar-refractivity contribution in [2.75, 3.05) is 45.2 Å². The fraction of sp³-hybridized carbons (Fsp3) is 0.381.